The SMILES string of the molecule is CCCNC(c1cc(Br)c(C)s1)c1cc(F)ccc1C. The smallest absolute Gasteiger partial charge is 0.123 e. The Morgan fingerprint density at radius 2 is 2.05 bits per heavy atom. The summed E-state index contributed by atoms with van der Waals surface area (Å²) in [7, 11) is 0. The highest BCUT2D eigenvalue weighted by atomic mass is 79.9. The number of aryl methyl sites for hydroxylation is 2. The van der Waals surface area contributed by atoms with Crippen LogP contribution < -0.4 is 5.32 Å². The minimum Gasteiger partial charge on any atom is -0.306 e. The minimum atomic E-state index is -0.179. The van der Waals surface area contributed by atoms with Crippen molar-refractivity contribution in [1.29, 1.82) is 0 Å². The Balaban J connectivity index is 2.43. The summed E-state index contributed by atoms with van der Waals surface area (Å²) in [6.45, 7) is 7.17. The van der Waals surface area contributed by atoms with Crippen molar-refractivity contribution < 1.29 is 4.39 Å². The van der Waals surface area contributed by atoms with Crippen molar-refractivity contribution in [3.63, 3.8) is 0 Å². The van der Waals surface area contributed by atoms with Crippen LogP contribution in [0.25, 0.3) is 0 Å². The van der Waals surface area contributed by atoms with Crippen molar-refractivity contribution in [3.05, 3.63) is 55.4 Å². The second-order valence-electron chi connectivity index (χ2n) is 4.94. The van der Waals surface area contributed by atoms with Gasteiger partial charge in [0.1, 0.15) is 5.82 Å². The first-order valence-electron chi connectivity index (χ1n) is 6.78. The fourth-order valence-electron chi connectivity index (χ4n) is 2.20. The van der Waals surface area contributed by atoms with Gasteiger partial charge in [0, 0.05) is 14.2 Å². The molecule has 2 aromatic rings. The number of hydrogen-bond donors (Lipinski definition) is 1. The van der Waals surface area contributed by atoms with Crippen molar-refractivity contribution in [2.75, 3.05) is 6.54 Å². The Kier molecular flexibility index (Phi) is 5.35. The van der Waals surface area contributed by atoms with E-state index in [1.807, 2.05) is 13.0 Å². The zero-order chi connectivity index (χ0) is 14.7. The lowest BCUT2D eigenvalue weighted by molar-refractivity contribution is 0.588. The van der Waals surface area contributed by atoms with Crippen LogP contribution in [-0.4, -0.2) is 6.54 Å². The van der Waals surface area contributed by atoms with Crippen LogP contribution in [0.5, 0.6) is 0 Å². The number of halogens is 2. The van der Waals surface area contributed by atoms with Crippen molar-refractivity contribution in [2.45, 2.75) is 33.2 Å². The molecule has 2 rings (SSSR count). The van der Waals surface area contributed by atoms with Gasteiger partial charge >= 0.3 is 0 Å². The van der Waals surface area contributed by atoms with E-state index in [1.54, 1.807) is 17.4 Å². The highest BCUT2D eigenvalue weighted by molar-refractivity contribution is 9.10. The van der Waals surface area contributed by atoms with E-state index in [0.717, 1.165) is 28.6 Å². The van der Waals surface area contributed by atoms with Gasteiger partial charge in [-0.1, -0.05) is 13.0 Å². The molecule has 0 spiro atoms. The fraction of sp³-hybridized carbons (Fsp3) is 0.375. The van der Waals surface area contributed by atoms with Gasteiger partial charge in [0.05, 0.1) is 6.04 Å². The van der Waals surface area contributed by atoms with Crippen LogP contribution in [0.3, 0.4) is 0 Å². The summed E-state index contributed by atoms with van der Waals surface area (Å²) in [5.41, 5.74) is 2.13. The van der Waals surface area contributed by atoms with Crippen LogP contribution in [-0.2, 0) is 0 Å². The van der Waals surface area contributed by atoms with Gasteiger partial charge in [0.15, 0.2) is 0 Å². The zero-order valence-corrected chi connectivity index (χ0v) is 14.4. The Hall–Kier alpha value is -0.710. The Bertz CT molecular complexity index is 575. The molecule has 1 nitrogen and oxygen atoms in total. The third-order valence-corrected chi connectivity index (χ3v) is 5.51. The van der Waals surface area contributed by atoms with E-state index in [9.17, 15) is 4.39 Å². The molecular weight excluding hydrogens is 337 g/mol. The molecule has 20 heavy (non-hydrogen) atoms. The molecule has 0 radical (unpaired) electrons. The van der Waals surface area contributed by atoms with Crippen LogP contribution in [0, 0.1) is 19.7 Å². The predicted octanol–water partition coefficient (Wildman–Crippen LogP) is 5.36. The number of hydrogen-bond acceptors (Lipinski definition) is 2. The lowest BCUT2D eigenvalue weighted by Crippen LogP contribution is -2.23. The molecule has 0 aliphatic carbocycles. The molecule has 0 fully saturated rings. The van der Waals surface area contributed by atoms with Gasteiger partial charge in [-0.05, 0) is 72.1 Å². The molecule has 1 aromatic carbocycles. The molecule has 1 unspecified atom stereocenters. The van der Waals surface area contributed by atoms with Crippen LogP contribution in [0.1, 0.15) is 40.3 Å². The number of nitrogens with one attached hydrogen (secondary N) is 1. The van der Waals surface area contributed by atoms with E-state index in [-0.39, 0.29) is 11.9 Å². The van der Waals surface area contributed by atoms with E-state index in [2.05, 4.69) is 41.2 Å². The van der Waals surface area contributed by atoms with E-state index in [1.165, 1.54) is 15.8 Å². The highest BCUT2D eigenvalue weighted by Crippen LogP contribution is 2.35. The van der Waals surface area contributed by atoms with Crippen LogP contribution in [0.2, 0.25) is 0 Å². The Labute approximate surface area is 132 Å². The molecule has 0 saturated heterocycles. The number of benzene rings is 1. The summed E-state index contributed by atoms with van der Waals surface area (Å²) in [6.07, 6.45) is 1.05. The summed E-state index contributed by atoms with van der Waals surface area (Å²) >= 11 is 5.32. The molecular formula is C16H19BrFNS. The molecule has 1 atom stereocenters. The lowest BCUT2D eigenvalue weighted by Gasteiger charge is -2.20. The lowest BCUT2D eigenvalue weighted by atomic mass is 9.99. The van der Waals surface area contributed by atoms with E-state index < -0.39 is 0 Å². The molecule has 0 aliphatic heterocycles. The fourth-order valence-corrected chi connectivity index (χ4v) is 3.85. The zero-order valence-electron chi connectivity index (χ0n) is 12.0. The largest absolute Gasteiger partial charge is 0.306 e. The van der Waals surface area contributed by atoms with Gasteiger partial charge in [-0.15, -0.1) is 11.3 Å². The first kappa shape index (κ1) is 15.7. The van der Waals surface area contributed by atoms with E-state index in [4.69, 9.17) is 0 Å². The van der Waals surface area contributed by atoms with Gasteiger partial charge in [-0.3, -0.25) is 0 Å². The Morgan fingerprint density at radius 1 is 1.30 bits per heavy atom. The van der Waals surface area contributed by atoms with Gasteiger partial charge in [0.2, 0.25) is 0 Å². The Morgan fingerprint density at radius 3 is 2.65 bits per heavy atom. The molecule has 1 heterocycles. The maximum absolute atomic E-state index is 13.6. The third-order valence-electron chi connectivity index (χ3n) is 3.31. The van der Waals surface area contributed by atoms with Gasteiger partial charge in [-0.2, -0.15) is 0 Å². The summed E-state index contributed by atoms with van der Waals surface area (Å²) < 4.78 is 14.7. The average molecular weight is 356 g/mol. The average Bonchev–Trinajstić information content (AvgIpc) is 2.74. The van der Waals surface area contributed by atoms with Crippen molar-refractivity contribution in [3.8, 4) is 0 Å². The maximum Gasteiger partial charge on any atom is 0.123 e. The quantitative estimate of drug-likeness (QED) is 0.761. The summed E-state index contributed by atoms with van der Waals surface area (Å²) in [4.78, 5) is 2.47. The first-order valence-corrected chi connectivity index (χ1v) is 8.39. The van der Waals surface area contributed by atoms with Crippen molar-refractivity contribution in [1.82, 2.24) is 5.32 Å². The standard InChI is InChI=1S/C16H19BrFNS/c1-4-7-19-16(15-9-14(17)11(3)20-15)13-8-12(18)6-5-10(13)2/h5-6,8-9,16,19H,4,7H2,1-3H3. The highest BCUT2D eigenvalue weighted by Gasteiger charge is 2.19. The molecule has 0 amide bonds. The van der Waals surface area contributed by atoms with Crippen LogP contribution >= 0.6 is 27.3 Å². The second kappa shape index (κ2) is 6.83. The van der Waals surface area contributed by atoms with E-state index >= 15 is 0 Å². The predicted molar refractivity (Wildman–Crippen MR) is 88.0 cm³/mol. The molecule has 108 valence electrons. The van der Waals surface area contributed by atoms with E-state index in [0.29, 0.717) is 0 Å². The number of thiophene rings is 1. The van der Waals surface area contributed by atoms with Crippen molar-refractivity contribution >= 4 is 27.3 Å². The van der Waals surface area contributed by atoms with Gasteiger partial charge < -0.3 is 5.32 Å². The summed E-state index contributed by atoms with van der Waals surface area (Å²) in [5.74, 6) is -0.179. The molecule has 1 aromatic heterocycles. The second-order valence-corrected chi connectivity index (χ2v) is 7.08. The molecule has 0 saturated carbocycles. The molecule has 0 bridgehead atoms. The summed E-state index contributed by atoms with van der Waals surface area (Å²) in [5, 5.41) is 3.53. The van der Waals surface area contributed by atoms with Crippen LogP contribution in [0.15, 0.2) is 28.7 Å². The topological polar surface area (TPSA) is 12.0 Å². The third kappa shape index (κ3) is 3.48. The molecule has 4 heteroatoms. The van der Waals surface area contributed by atoms with Crippen molar-refractivity contribution in [2.24, 2.45) is 0 Å². The minimum absolute atomic E-state index is 0.0562. The van der Waals surface area contributed by atoms with Gasteiger partial charge in [-0.25, -0.2) is 4.39 Å². The molecule has 0 aliphatic rings. The molecule has 1 N–H and O–H groups in total. The monoisotopic (exact) mass is 355 g/mol. The van der Waals surface area contributed by atoms with Gasteiger partial charge in [0.25, 0.3) is 0 Å². The summed E-state index contributed by atoms with van der Waals surface area (Å²) in [6, 6.07) is 7.20. The maximum atomic E-state index is 13.6. The van der Waals surface area contributed by atoms with Crippen LogP contribution in [0.4, 0.5) is 4.39 Å². The first-order chi connectivity index (χ1) is 9.52. The normalized spacial score (nSPS) is 12.7. The number of rotatable bonds is 5.